The molecule has 0 radical (unpaired) electrons. The molecular weight excluding hydrogens is 366 g/mol. The summed E-state index contributed by atoms with van der Waals surface area (Å²) in [6.07, 6.45) is 0. The average Bonchev–Trinajstić information content (AvgIpc) is 2.72. The topological polar surface area (TPSA) is 15.3 Å². The highest BCUT2D eigenvalue weighted by atomic mass is 31.2. The van der Waals surface area contributed by atoms with E-state index < -0.39 is 16.3 Å². The van der Waals surface area contributed by atoms with Crippen molar-refractivity contribution in [3.63, 3.8) is 0 Å². The SMILES string of the molecule is CCN[P@](c1ccccc1)N(C(C)C)P(c1ccccc1)c1ccccc1. The van der Waals surface area contributed by atoms with Crippen LogP contribution in [0.2, 0.25) is 0 Å². The number of nitrogens with zero attached hydrogens (tertiary/aromatic N) is 1. The van der Waals surface area contributed by atoms with E-state index in [1.807, 2.05) is 0 Å². The van der Waals surface area contributed by atoms with E-state index in [1.54, 1.807) is 0 Å². The second kappa shape index (κ2) is 10.1. The second-order valence-corrected chi connectivity index (χ2v) is 10.8. The highest BCUT2D eigenvalue weighted by Gasteiger charge is 2.32. The predicted molar refractivity (Wildman–Crippen MR) is 123 cm³/mol. The highest BCUT2D eigenvalue weighted by molar-refractivity contribution is 7.81. The second-order valence-electron chi connectivity index (χ2n) is 6.56. The minimum atomic E-state index is -0.633. The summed E-state index contributed by atoms with van der Waals surface area (Å²) in [4.78, 5) is 0. The molecule has 0 saturated heterocycles. The van der Waals surface area contributed by atoms with Crippen molar-refractivity contribution in [3.05, 3.63) is 91.0 Å². The third-order valence-corrected chi connectivity index (χ3v) is 9.98. The van der Waals surface area contributed by atoms with E-state index in [9.17, 15) is 0 Å². The zero-order valence-electron chi connectivity index (χ0n) is 16.3. The first-order valence-electron chi connectivity index (χ1n) is 9.50. The Hall–Kier alpha value is -1.56. The molecule has 1 atom stereocenters. The lowest BCUT2D eigenvalue weighted by molar-refractivity contribution is 0.573. The summed E-state index contributed by atoms with van der Waals surface area (Å²) >= 11 is 0. The Kier molecular flexibility index (Phi) is 7.56. The Balaban J connectivity index is 2.12. The zero-order chi connectivity index (χ0) is 19.1. The molecule has 0 aliphatic heterocycles. The maximum Gasteiger partial charge on any atom is 0.0741 e. The summed E-state index contributed by atoms with van der Waals surface area (Å²) in [5.74, 6) is 0. The van der Waals surface area contributed by atoms with Crippen molar-refractivity contribution < 1.29 is 0 Å². The molecular formula is C23H28N2P2. The molecule has 2 nitrogen and oxygen atoms in total. The molecule has 1 N–H and O–H groups in total. The number of hydrogen-bond donors (Lipinski definition) is 1. The molecule has 0 amide bonds. The van der Waals surface area contributed by atoms with Crippen molar-refractivity contribution in [2.24, 2.45) is 0 Å². The largest absolute Gasteiger partial charge is 0.280 e. The van der Waals surface area contributed by atoms with E-state index in [-0.39, 0.29) is 0 Å². The molecule has 0 aromatic heterocycles. The Morgan fingerprint density at radius 2 is 1.11 bits per heavy atom. The maximum absolute atomic E-state index is 3.81. The fraction of sp³-hybridized carbons (Fsp3) is 0.217. The lowest BCUT2D eigenvalue weighted by atomic mass is 10.4. The first kappa shape index (κ1) is 20.2. The molecule has 3 aromatic rings. The highest BCUT2D eigenvalue weighted by Crippen LogP contribution is 2.54. The van der Waals surface area contributed by atoms with Crippen molar-refractivity contribution in [3.8, 4) is 0 Å². The Morgan fingerprint density at radius 3 is 1.48 bits per heavy atom. The van der Waals surface area contributed by atoms with Crippen LogP contribution in [0.4, 0.5) is 0 Å². The number of hydrogen-bond acceptors (Lipinski definition) is 2. The molecule has 0 heterocycles. The summed E-state index contributed by atoms with van der Waals surface area (Å²) in [6.45, 7) is 7.79. The lowest BCUT2D eigenvalue weighted by Crippen LogP contribution is -2.36. The molecule has 0 bridgehead atoms. The Bertz CT molecular complexity index is 755. The number of rotatable bonds is 8. The van der Waals surface area contributed by atoms with Gasteiger partial charge in [0.1, 0.15) is 0 Å². The lowest BCUT2D eigenvalue weighted by Gasteiger charge is -2.41. The standard InChI is InChI=1S/C23H28N2P2/c1-4-24-27(23-18-12-7-13-19-23)25(20(2)3)26(21-14-8-5-9-15-21)22-16-10-6-11-17-22/h5-20,24H,4H2,1-3H3/t27-/m0/s1. The molecule has 0 unspecified atom stereocenters. The van der Waals surface area contributed by atoms with Crippen LogP contribution in [0.25, 0.3) is 0 Å². The van der Waals surface area contributed by atoms with Crippen molar-refractivity contribution in [2.45, 2.75) is 26.8 Å². The van der Waals surface area contributed by atoms with Crippen molar-refractivity contribution in [2.75, 3.05) is 6.54 Å². The zero-order valence-corrected chi connectivity index (χ0v) is 18.1. The van der Waals surface area contributed by atoms with Gasteiger partial charge in [0.25, 0.3) is 0 Å². The van der Waals surface area contributed by atoms with Gasteiger partial charge in [-0.3, -0.25) is 5.09 Å². The average molecular weight is 394 g/mol. The molecule has 0 aliphatic carbocycles. The summed E-state index contributed by atoms with van der Waals surface area (Å²) in [7, 11) is -1.26. The summed E-state index contributed by atoms with van der Waals surface area (Å²) in [5.41, 5.74) is 0. The van der Waals surface area contributed by atoms with Gasteiger partial charge in [-0.05, 0) is 31.0 Å². The van der Waals surface area contributed by atoms with Crippen LogP contribution < -0.4 is 21.0 Å². The van der Waals surface area contributed by atoms with Crippen LogP contribution in [0.15, 0.2) is 91.0 Å². The first-order chi connectivity index (χ1) is 13.2. The van der Waals surface area contributed by atoms with Crippen molar-refractivity contribution in [1.29, 1.82) is 0 Å². The van der Waals surface area contributed by atoms with Crippen LogP contribution in [-0.4, -0.2) is 17.0 Å². The normalized spacial score (nSPS) is 12.7. The first-order valence-corrected chi connectivity index (χ1v) is 12.1. The fourth-order valence-corrected chi connectivity index (χ4v) is 8.83. The smallest absolute Gasteiger partial charge is 0.0741 e. The maximum atomic E-state index is 3.81. The number of benzene rings is 3. The van der Waals surface area contributed by atoms with Crippen LogP contribution >= 0.6 is 16.3 Å². The van der Waals surface area contributed by atoms with E-state index in [2.05, 4.69) is 121 Å². The van der Waals surface area contributed by atoms with Crippen molar-refractivity contribution >= 4 is 32.2 Å². The summed E-state index contributed by atoms with van der Waals surface area (Å²) in [6, 6.07) is 33.3. The van der Waals surface area contributed by atoms with Gasteiger partial charge >= 0.3 is 0 Å². The van der Waals surface area contributed by atoms with Crippen LogP contribution in [0.5, 0.6) is 0 Å². The van der Waals surface area contributed by atoms with Gasteiger partial charge in [-0.2, -0.15) is 0 Å². The molecule has 0 spiro atoms. The van der Waals surface area contributed by atoms with E-state index in [0.29, 0.717) is 6.04 Å². The monoisotopic (exact) mass is 394 g/mol. The molecule has 3 aromatic carbocycles. The van der Waals surface area contributed by atoms with Gasteiger partial charge in [-0.25, -0.2) is 4.44 Å². The van der Waals surface area contributed by atoms with E-state index >= 15 is 0 Å². The van der Waals surface area contributed by atoms with Gasteiger partial charge in [-0.1, -0.05) is 97.9 Å². The Morgan fingerprint density at radius 1 is 0.704 bits per heavy atom. The molecule has 0 aliphatic rings. The third-order valence-electron chi connectivity index (χ3n) is 4.18. The molecule has 4 heteroatoms. The third kappa shape index (κ3) is 5.03. The van der Waals surface area contributed by atoms with Crippen LogP contribution in [0.1, 0.15) is 20.8 Å². The summed E-state index contributed by atoms with van der Waals surface area (Å²) in [5, 5.41) is 7.98. The van der Waals surface area contributed by atoms with Crippen LogP contribution in [0, 0.1) is 0 Å². The Labute approximate surface area is 166 Å². The quantitative estimate of drug-likeness (QED) is 0.542. The number of nitrogens with one attached hydrogen (secondary N) is 1. The molecule has 27 heavy (non-hydrogen) atoms. The molecule has 140 valence electrons. The minimum Gasteiger partial charge on any atom is -0.280 e. The van der Waals surface area contributed by atoms with Gasteiger partial charge in [0, 0.05) is 19.4 Å². The van der Waals surface area contributed by atoms with Crippen molar-refractivity contribution in [1.82, 2.24) is 9.53 Å². The van der Waals surface area contributed by atoms with Gasteiger partial charge in [0.05, 0.1) is 8.22 Å². The van der Waals surface area contributed by atoms with Gasteiger partial charge < -0.3 is 0 Å². The van der Waals surface area contributed by atoms with E-state index in [1.165, 1.54) is 15.9 Å². The minimum absolute atomic E-state index is 0.418. The van der Waals surface area contributed by atoms with E-state index in [4.69, 9.17) is 0 Å². The summed E-state index contributed by atoms with van der Waals surface area (Å²) < 4.78 is 2.72. The molecule has 0 fully saturated rings. The van der Waals surface area contributed by atoms with Crippen LogP contribution in [-0.2, 0) is 0 Å². The van der Waals surface area contributed by atoms with Gasteiger partial charge in [-0.15, -0.1) is 0 Å². The molecule has 3 rings (SSSR count). The van der Waals surface area contributed by atoms with Gasteiger partial charge in [0.15, 0.2) is 0 Å². The van der Waals surface area contributed by atoms with Gasteiger partial charge in [0.2, 0.25) is 0 Å². The van der Waals surface area contributed by atoms with E-state index in [0.717, 1.165) is 6.54 Å². The predicted octanol–water partition coefficient (Wildman–Crippen LogP) is 4.99. The van der Waals surface area contributed by atoms with Crippen LogP contribution in [0.3, 0.4) is 0 Å². The fourth-order valence-electron chi connectivity index (χ4n) is 3.08. The molecule has 0 saturated carbocycles.